The average Bonchev–Trinajstić information content (AvgIpc) is 2.49. The number of nitrogens with zero attached hydrogens (tertiary/aromatic N) is 2. The van der Waals surface area contributed by atoms with E-state index in [1.54, 1.807) is 4.90 Å². The van der Waals surface area contributed by atoms with Crippen LogP contribution < -0.4 is 5.73 Å². The molecule has 6 nitrogen and oxygen atoms in total. The van der Waals surface area contributed by atoms with E-state index in [0.29, 0.717) is 32.6 Å². The first-order valence-electron chi connectivity index (χ1n) is 8.76. The van der Waals surface area contributed by atoms with Crippen LogP contribution in [0, 0.1) is 0 Å². The Bertz CT molecular complexity index is 393. The third kappa shape index (κ3) is 6.77. The highest BCUT2D eigenvalue weighted by atomic mass is 16.6. The van der Waals surface area contributed by atoms with Gasteiger partial charge in [0.25, 0.3) is 0 Å². The fourth-order valence-corrected chi connectivity index (χ4v) is 2.72. The molecular weight excluding hydrogens is 294 g/mol. The van der Waals surface area contributed by atoms with Gasteiger partial charge in [-0.15, -0.1) is 0 Å². The summed E-state index contributed by atoms with van der Waals surface area (Å²) < 4.78 is 5.40. The summed E-state index contributed by atoms with van der Waals surface area (Å²) in [6, 6.07) is -0.116. The summed E-state index contributed by atoms with van der Waals surface area (Å²) in [5.41, 5.74) is 5.31. The molecule has 1 heterocycles. The maximum Gasteiger partial charge on any atom is 0.410 e. The van der Waals surface area contributed by atoms with Gasteiger partial charge in [0.1, 0.15) is 5.60 Å². The number of rotatable bonds is 6. The molecule has 1 atom stereocenters. The van der Waals surface area contributed by atoms with E-state index in [9.17, 15) is 9.59 Å². The van der Waals surface area contributed by atoms with Crippen LogP contribution in [0.15, 0.2) is 0 Å². The Kier molecular flexibility index (Phi) is 7.82. The number of ether oxygens (including phenoxy) is 1. The van der Waals surface area contributed by atoms with Gasteiger partial charge in [-0.25, -0.2) is 4.79 Å². The van der Waals surface area contributed by atoms with E-state index in [2.05, 4.69) is 6.92 Å². The molecule has 1 unspecified atom stereocenters. The first-order chi connectivity index (χ1) is 10.8. The minimum Gasteiger partial charge on any atom is -0.444 e. The van der Waals surface area contributed by atoms with E-state index >= 15 is 0 Å². The Morgan fingerprint density at radius 1 is 1.17 bits per heavy atom. The smallest absolute Gasteiger partial charge is 0.410 e. The van der Waals surface area contributed by atoms with Crippen molar-refractivity contribution in [3.63, 3.8) is 0 Å². The van der Waals surface area contributed by atoms with Crippen molar-refractivity contribution >= 4 is 12.0 Å². The molecule has 0 aromatic carbocycles. The van der Waals surface area contributed by atoms with Gasteiger partial charge in [0, 0.05) is 32.6 Å². The minimum absolute atomic E-state index is 0.116. The zero-order valence-corrected chi connectivity index (χ0v) is 15.1. The lowest BCUT2D eigenvalue weighted by molar-refractivity contribution is -0.136. The zero-order valence-electron chi connectivity index (χ0n) is 15.1. The quantitative estimate of drug-likeness (QED) is 0.760. The van der Waals surface area contributed by atoms with Gasteiger partial charge in [-0.3, -0.25) is 4.79 Å². The molecule has 0 radical (unpaired) electrons. The number of carbonyl (C=O) groups is 2. The molecule has 23 heavy (non-hydrogen) atoms. The fourth-order valence-electron chi connectivity index (χ4n) is 2.72. The van der Waals surface area contributed by atoms with Crippen molar-refractivity contribution in [2.45, 2.75) is 71.4 Å². The van der Waals surface area contributed by atoms with Crippen molar-refractivity contribution in [1.82, 2.24) is 9.80 Å². The van der Waals surface area contributed by atoms with Gasteiger partial charge in [0.15, 0.2) is 0 Å². The van der Waals surface area contributed by atoms with E-state index in [4.69, 9.17) is 10.5 Å². The van der Waals surface area contributed by atoms with Crippen LogP contribution in [-0.2, 0) is 9.53 Å². The van der Waals surface area contributed by atoms with Gasteiger partial charge >= 0.3 is 6.09 Å². The molecule has 1 fully saturated rings. The molecule has 0 saturated carbocycles. The van der Waals surface area contributed by atoms with Gasteiger partial charge in [0.2, 0.25) is 5.91 Å². The van der Waals surface area contributed by atoms with Crippen LogP contribution in [-0.4, -0.2) is 59.6 Å². The number of amides is 2. The maximum absolute atomic E-state index is 12.4. The van der Waals surface area contributed by atoms with Crippen LogP contribution in [0.1, 0.15) is 59.8 Å². The predicted octanol–water partition coefficient (Wildman–Crippen LogP) is 2.36. The summed E-state index contributed by atoms with van der Waals surface area (Å²) in [5, 5.41) is 0. The molecule has 0 bridgehead atoms. The summed E-state index contributed by atoms with van der Waals surface area (Å²) in [5.74, 6) is 0.153. The highest BCUT2D eigenvalue weighted by Crippen LogP contribution is 2.16. The number of carbonyl (C=O) groups excluding carboxylic acids is 2. The van der Waals surface area contributed by atoms with Crippen LogP contribution in [0.2, 0.25) is 0 Å². The molecular formula is C17H33N3O3. The molecule has 0 aromatic rings. The predicted molar refractivity (Wildman–Crippen MR) is 91.1 cm³/mol. The number of piperazine rings is 1. The van der Waals surface area contributed by atoms with Crippen LogP contribution in [0.3, 0.4) is 0 Å². The van der Waals surface area contributed by atoms with Crippen LogP contribution >= 0.6 is 0 Å². The molecule has 1 aliphatic heterocycles. The first kappa shape index (κ1) is 19.7. The molecule has 0 aromatic heterocycles. The second kappa shape index (κ2) is 9.11. The van der Waals surface area contributed by atoms with Crippen molar-refractivity contribution in [3.8, 4) is 0 Å². The molecule has 134 valence electrons. The number of nitrogens with two attached hydrogens (primary N) is 1. The molecule has 6 heteroatoms. The molecule has 2 amide bonds. The van der Waals surface area contributed by atoms with Gasteiger partial charge in [-0.2, -0.15) is 0 Å². The Balaban J connectivity index is 2.51. The van der Waals surface area contributed by atoms with Crippen molar-refractivity contribution in [1.29, 1.82) is 0 Å². The van der Waals surface area contributed by atoms with Gasteiger partial charge in [0.05, 0.1) is 6.04 Å². The topological polar surface area (TPSA) is 75.9 Å². The lowest BCUT2D eigenvalue weighted by Crippen LogP contribution is -2.59. The summed E-state index contributed by atoms with van der Waals surface area (Å²) in [7, 11) is 0. The maximum atomic E-state index is 12.4. The van der Waals surface area contributed by atoms with Crippen molar-refractivity contribution in [3.05, 3.63) is 0 Å². The molecule has 1 rings (SSSR count). The zero-order chi connectivity index (χ0) is 17.5. The third-order valence-electron chi connectivity index (χ3n) is 3.97. The summed E-state index contributed by atoms with van der Waals surface area (Å²) in [4.78, 5) is 28.0. The van der Waals surface area contributed by atoms with Gasteiger partial charge < -0.3 is 20.3 Å². The highest BCUT2D eigenvalue weighted by Gasteiger charge is 2.33. The SMILES string of the molecule is CCCCCCC(=O)N1CCN(C(=O)OC(C)(C)C)CC1CN. The largest absolute Gasteiger partial charge is 0.444 e. The normalized spacial score (nSPS) is 18.9. The summed E-state index contributed by atoms with van der Waals surface area (Å²) in [6.45, 7) is 9.55. The first-order valence-corrected chi connectivity index (χ1v) is 8.76. The fraction of sp³-hybridized carbons (Fsp3) is 0.882. The van der Waals surface area contributed by atoms with E-state index in [-0.39, 0.29) is 18.0 Å². The van der Waals surface area contributed by atoms with Crippen LogP contribution in [0.5, 0.6) is 0 Å². The molecule has 1 saturated heterocycles. The van der Waals surface area contributed by atoms with Crippen molar-refractivity contribution in [2.24, 2.45) is 5.73 Å². The number of unbranched alkanes of at least 4 members (excludes halogenated alkanes) is 3. The van der Waals surface area contributed by atoms with E-state index in [1.807, 2.05) is 25.7 Å². The van der Waals surface area contributed by atoms with Gasteiger partial charge in [-0.1, -0.05) is 26.2 Å². The Labute approximate surface area is 140 Å². The number of hydrogen-bond acceptors (Lipinski definition) is 4. The molecule has 0 spiro atoms. The van der Waals surface area contributed by atoms with Crippen molar-refractivity contribution in [2.75, 3.05) is 26.2 Å². The van der Waals surface area contributed by atoms with Gasteiger partial charge in [-0.05, 0) is 27.2 Å². The molecule has 2 N–H and O–H groups in total. The second-order valence-electron chi connectivity index (χ2n) is 7.21. The lowest BCUT2D eigenvalue weighted by atomic mass is 10.1. The van der Waals surface area contributed by atoms with E-state index in [1.165, 1.54) is 6.42 Å². The highest BCUT2D eigenvalue weighted by molar-refractivity contribution is 5.77. The molecule has 1 aliphatic rings. The van der Waals surface area contributed by atoms with Crippen LogP contribution in [0.4, 0.5) is 4.79 Å². The average molecular weight is 327 g/mol. The van der Waals surface area contributed by atoms with Crippen LogP contribution in [0.25, 0.3) is 0 Å². The molecule has 0 aliphatic carbocycles. The summed E-state index contributed by atoms with van der Waals surface area (Å²) in [6.07, 6.45) is 4.59. The third-order valence-corrected chi connectivity index (χ3v) is 3.97. The Morgan fingerprint density at radius 3 is 2.43 bits per heavy atom. The minimum atomic E-state index is -0.512. The standard InChI is InChI=1S/C17H33N3O3/c1-5-6-7-8-9-15(21)20-11-10-19(13-14(20)12-18)16(22)23-17(2,3)4/h14H,5-13,18H2,1-4H3. The Morgan fingerprint density at radius 2 is 1.87 bits per heavy atom. The van der Waals surface area contributed by atoms with E-state index in [0.717, 1.165) is 19.3 Å². The second-order valence-corrected chi connectivity index (χ2v) is 7.21. The van der Waals surface area contributed by atoms with E-state index < -0.39 is 5.60 Å². The van der Waals surface area contributed by atoms with Crippen molar-refractivity contribution < 1.29 is 14.3 Å². The monoisotopic (exact) mass is 327 g/mol. The Hall–Kier alpha value is -1.30. The lowest BCUT2D eigenvalue weighted by Gasteiger charge is -2.41. The summed E-state index contributed by atoms with van der Waals surface area (Å²) >= 11 is 0. The number of hydrogen-bond donors (Lipinski definition) is 1.